The van der Waals surface area contributed by atoms with Crippen LogP contribution < -0.4 is 5.32 Å². The number of pyridine rings is 1. The quantitative estimate of drug-likeness (QED) is 0.777. The molecule has 0 aliphatic carbocycles. The Hall–Kier alpha value is -0.600. The highest BCUT2D eigenvalue weighted by molar-refractivity contribution is 5.85. The van der Waals surface area contributed by atoms with Gasteiger partial charge >= 0.3 is 0 Å². The summed E-state index contributed by atoms with van der Waals surface area (Å²) in [4.78, 5) is 4.23. The molecule has 0 saturated heterocycles. The van der Waals surface area contributed by atoms with Crippen molar-refractivity contribution >= 4 is 12.4 Å². The summed E-state index contributed by atoms with van der Waals surface area (Å²) in [6, 6.07) is 6.51. The predicted molar refractivity (Wildman–Crippen MR) is 53.7 cm³/mol. The van der Waals surface area contributed by atoms with Crippen molar-refractivity contribution in [1.29, 1.82) is 0 Å². The molecular formula is C9H15ClN2. The van der Waals surface area contributed by atoms with Crippen LogP contribution in [0.5, 0.6) is 0 Å². The van der Waals surface area contributed by atoms with Gasteiger partial charge in [0, 0.05) is 24.4 Å². The van der Waals surface area contributed by atoms with Gasteiger partial charge < -0.3 is 5.32 Å². The number of likely N-dealkylation sites (N-methyl/N-ethyl adjacent to an activating group) is 1. The van der Waals surface area contributed by atoms with Gasteiger partial charge in [0.15, 0.2) is 0 Å². The summed E-state index contributed by atoms with van der Waals surface area (Å²) >= 11 is 0. The van der Waals surface area contributed by atoms with Crippen molar-refractivity contribution in [3.05, 3.63) is 30.1 Å². The van der Waals surface area contributed by atoms with E-state index in [4.69, 9.17) is 0 Å². The van der Waals surface area contributed by atoms with Crippen molar-refractivity contribution < 1.29 is 0 Å². The third kappa shape index (κ3) is 3.69. The lowest BCUT2D eigenvalue weighted by atomic mass is 10.2. The second-order valence-electron chi connectivity index (χ2n) is 2.71. The highest BCUT2D eigenvalue weighted by atomic mass is 35.5. The normalized spacial score (nSPS) is 11.8. The van der Waals surface area contributed by atoms with E-state index in [-0.39, 0.29) is 12.4 Å². The molecule has 1 unspecified atom stereocenters. The van der Waals surface area contributed by atoms with E-state index >= 15 is 0 Å². The summed E-state index contributed by atoms with van der Waals surface area (Å²) in [5, 5.41) is 3.17. The van der Waals surface area contributed by atoms with Crippen LogP contribution >= 0.6 is 12.4 Å². The molecule has 0 aliphatic rings. The third-order valence-electron chi connectivity index (χ3n) is 1.73. The Morgan fingerprint density at radius 1 is 1.50 bits per heavy atom. The molecule has 0 fully saturated rings. The number of rotatable bonds is 3. The van der Waals surface area contributed by atoms with Gasteiger partial charge in [0.05, 0.1) is 0 Å². The first-order valence-corrected chi connectivity index (χ1v) is 3.90. The average molecular weight is 187 g/mol. The zero-order chi connectivity index (χ0) is 8.10. The van der Waals surface area contributed by atoms with Crippen LogP contribution in [-0.4, -0.2) is 18.1 Å². The highest BCUT2D eigenvalue weighted by Gasteiger charge is 1.99. The molecule has 12 heavy (non-hydrogen) atoms. The van der Waals surface area contributed by atoms with E-state index in [1.807, 2.05) is 31.4 Å². The molecule has 68 valence electrons. The lowest BCUT2D eigenvalue weighted by molar-refractivity contribution is 0.601. The highest BCUT2D eigenvalue weighted by Crippen LogP contribution is 1.97. The first kappa shape index (κ1) is 11.4. The summed E-state index contributed by atoms with van der Waals surface area (Å²) in [5.74, 6) is 0. The van der Waals surface area contributed by atoms with Crippen molar-refractivity contribution in [3.8, 4) is 0 Å². The Balaban J connectivity index is 0.00000121. The standard InChI is InChI=1S/C9H14N2.ClH/c1-8(10-2)7-9-5-3-4-6-11-9;/h3-6,8,10H,7H2,1-2H3;1H. The number of nitrogens with zero attached hydrogens (tertiary/aromatic N) is 1. The van der Waals surface area contributed by atoms with E-state index in [0.29, 0.717) is 6.04 Å². The van der Waals surface area contributed by atoms with E-state index in [2.05, 4.69) is 17.2 Å². The monoisotopic (exact) mass is 186 g/mol. The fourth-order valence-corrected chi connectivity index (χ4v) is 0.935. The van der Waals surface area contributed by atoms with Gasteiger partial charge in [-0.15, -0.1) is 12.4 Å². The lowest BCUT2D eigenvalue weighted by Crippen LogP contribution is -2.23. The van der Waals surface area contributed by atoms with E-state index in [9.17, 15) is 0 Å². The van der Waals surface area contributed by atoms with E-state index < -0.39 is 0 Å². The molecular weight excluding hydrogens is 172 g/mol. The average Bonchev–Trinajstić information content (AvgIpc) is 2.06. The van der Waals surface area contributed by atoms with Crippen LogP contribution in [0.4, 0.5) is 0 Å². The van der Waals surface area contributed by atoms with Gasteiger partial charge in [0.1, 0.15) is 0 Å². The van der Waals surface area contributed by atoms with Crippen molar-refractivity contribution in [2.45, 2.75) is 19.4 Å². The molecule has 0 radical (unpaired) electrons. The SMILES string of the molecule is CNC(C)Cc1ccccn1.Cl. The van der Waals surface area contributed by atoms with Crippen LogP contribution in [0.3, 0.4) is 0 Å². The minimum absolute atomic E-state index is 0. The zero-order valence-electron chi connectivity index (χ0n) is 7.45. The van der Waals surface area contributed by atoms with Crippen molar-refractivity contribution in [3.63, 3.8) is 0 Å². The molecule has 2 nitrogen and oxygen atoms in total. The summed E-state index contributed by atoms with van der Waals surface area (Å²) < 4.78 is 0. The first-order chi connectivity index (χ1) is 5.33. The van der Waals surface area contributed by atoms with Gasteiger partial charge in [0.25, 0.3) is 0 Å². The fourth-order valence-electron chi connectivity index (χ4n) is 0.935. The molecule has 0 bridgehead atoms. The van der Waals surface area contributed by atoms with Crippen LogP contribution in [0.2, 0.25) is 0 Å². The molecule has 0 aliphatic heterocycles. The molecule has 1 rings (SSSR count). The second kappa shape index (κ2) is 5.98. The molecule has 0 spiro atoms. The Labute approximate surface area is 79.8 Å². The molecule has 1 aromatic rings. The fraction of sp³-hybridized carbons (Fsp3) is 0.444. The van der Waals surface area contributed by atoms with Gasteiger partial charge in [-0.3, -0.25) is 4.98 Å². The Morgan fingerprint density at radius 2 is 2.25 bits per heavy atom. The van der Waals surface area contributed by atoms with Gasteiger partial charge in [-0.25, -0.2) is 0 Å². The molecule has 3 heteroatoms. The number of hydrogen-bond acceptors (Lipinski definition) is 2. The molecule has 1 aromatic heterocycles. The molecule has 1 heterocycles. The summed E-state index contributed by atoms with van der Waals surface area (Å²) in [7, 11) is 1.97. The maximum absolute atomic E-state index is 4.23. The van der Waals surface area contributed by atoms with Crippen molar-refractivity contribution in [2.24, 2.45) is 0 Å². The van der Waals surface area contributed by atoms with Crippen LogP contribution in [0, 0.1) is 0 Å². The largest absolute Gasteiger partial charge is 0.317 e. The van der Waals surface area contributed by atoms with Crippen molar-refractivity contribution in [1.82, 2.24) is 10.3 Å². The first-order valence-electron chi connectivity index (χ1n) is 3.90. The topological polar surface area (TPSA) is 24.9 Å². The van der Waals surface area contributed by atoms with Gasteiger partial charge in [-0.05, 0) is 26.1 Å². The van der Waals surface area contributed by atoms with Crippen LogP contribution in [-0.2, 0) is 6.42 Å². The molecule has 0 aromatic carbocycles. The lowest BCUT2D eigenvalue weighted by Gasteiger charge is -2.07. The number of aromatic nitrogens is 1. The van der Waals surface area contributed by atoms with Gasteiger partial charge in [0.2, 0.25) is 0 Å². The Morgan fingerprint density at radius 3 is 2.75 bits per heavy atom. The maximum atomic E-state index is 4.23. The van der Waals surface area contributed by atoms with E-state index in [0.717, 1.165) is 12.1 Å². The Bertz CT molecular complexity index is 201. The van der Waals surface area contributed by atoms with Crippen LogP contribution in [0.1, 0.15) is 12.6 Å². The van der Waals surface area contributed by atoms with E-state index in [1.165, 1.54) is 0 Å². The summed E-state index contributed by atoms with van der Waals surface area (Å²) in [5.41, 5.74) is 1.15. The van der Waals surface area contributed by atoms with Crippen molar-refractivity contribution in [2.75, 3.05) is 7.05 Å². The van der Waals surface area contributed by atoms with Crippen LogP contribution in [0.15, 0.2) is 24.4 Å². The predicted octanol–water partition coefficient (Wildman–Crippen LogP) is 1.65. The molecule has 1 N–H and O–H groups in total. The van der Waals surface area contributed by atoms with Crippen LogP contribution in [0.25, 0.3) is 0 Å². The molecule has 0 saturated carbocycles. The van der Waals surface area contributed by atoms with Gasteiger partial charge in [-0.1, -0.05) is 6.07 Å². The molecule has 0 amide bonds. The molecule has 1 atom stereocenters. The van der Waals surface area contributed by atoms with E-state index in [1.54, 1.807) is 0 Å². The number of halogens is 1. The number of nitrogens with one attached hydrogen (secondary N) is 1. The summed E-state index contributed by atoms with van der Waals surface area (Å²) in [6.45, 7) is 2.15. The van der Waals surface area contributed by atoms with Gasteiger partial charge in [-0.2, -0.15) is 0 Å². The maximum Gasteiger partial charge on any atom is 0.0419 e. The summed E-state index contributed by atoms with van der Waals surface area (Å²) in [6.07, 6.45) is 2.83. The minimum atomic E-state index is 0. The second-order valence-corrected chi connectivity index (χ2v) is 2.71. The zero-order valence-corrected chi connectivity index (χ0v) is 8.27. The number of hydrogen-bond donors (Lipinski definition) is 1. The third-order valence-corrected chi connectivity index (χ3v) is 1.73. The minimum Gasteiger partial charge on any atom is -0.317 e. The Kier molecular flexibility index (Phi) is 5.68. The smallest absolute Gasteiger partial charge is 0.0419 e.